The Kier molecular flexibility index (Phi) is 6.36. The van der Waals surface area contributed by atoms with E-state index < -0.39 is 0 Å². The van der Waals surface area contributed by atoms with Crippen LogP contribution in [0.1, 0.15) is 24.2 Å². The maximum absolute atomic E-state index is 12.2. The van der Waals surface area contributed by atoms with E-state index in [1.54, 1.807) is 40.1 Å². The van der Waals surface area contributed by atoms with E-state index in [1.807, 2.05) is 20.9 Å². The van der Waals surface area contributed by atoms with Gasteiger partial charge in [-0.3, -0.25) is 9.59 Å². The molecule has 2 rings (SSSR count). The predicted molar refractivity (Wildman–Crippen MR) is 94.1 cm³/mol. The molecule has 0 radical (unpaired) electrons. The molecule has 7 nitrogen and oxygen atoms in total. The first-order valence-electron chi connectivity index (χ1n) is 7.71. The molecule has 2 amide bonds. The summed E-state index contributed by atoms with van der Waals surface area (Å²) in [5, 5.41) is 11.2. The zero-order valence-electron chi connectivity index (χ0n) is 14.0. The van der Waals surface area contributed by atoms with Crippen molar-refractivity contribution in [2.75, 3.05) is 24.2 Å². The first kappa shape index (κ1) is 18.0. The smallest absolute Gasteiger partial charge is 0.253 e. The number of hydrogen-bond acceptors (Lipinski definition) is 5. The summed E-state index contributed by atoms with van der Waals surface area (Å²) >= 11 is 1.32. The summed E-state index contributed by atoms with van der Waals surface area (Å²) in [4.78, 5) is 26.0. The normalized spacial score (nSPS) is 10.5. The maximum Gasteiger partial charge on any atom is 0.253 e. The molecule has 0 saturated heterocycles. The Hall–Kier alpha value is -2.35. The maximum atomic E-state index is 12.2. The molecule has 24 heavy (non-hydrogen) atoms. The lowest BCUT2D eigenvalue weighted by Crippen LogP contribution is -2.30. The fourth-order valence-corrected chi connectivity index (χ4v) is 2.81. The average Bonchev–Trinajstić information content (AvgIpc) is 3.00. The average molecular weight is 347 g/mol. The highest BCUT2D eigenvalue weighted by molar-refractivity contribution is 7.99. The summed E-state index contributed by atoms with van der Waals surface area (Å²) in [6.45, 7) is 5.25. The molecule has 128 valence electrons. The van der Waals surface area contributed by atoms with Crippen LogP contribution in [-0.2, 0) is 11.8 Å². The van der Waals surface area contributed by atoms with Crippen molar-refractivity contribution in [1.29, 1.82) is 0 Å². The molecule has 0 aliphatic rings. The van der Waals surface area contributed by atoms with Crippen molar-refractivity contribution in [3.8, 4) is 0 Å². The number of rotatable bonds is 7. The van der Waals surface area contributed by atoms with Gasteiger partial charge in [-0.05, 0) is 38.1 Å². The summed E-state index contributed by atoms with van der Waals surface area (Å²) in [6.07, 6.45) is 1.59. The van der Waals surface area contributed by atoms with Crippen LogP contribution in [0.3, 0.4) is 0 Å². The molecule has 0 unspecified atom stereocenters. The number of nitrogens with zero attached hydrogens (tertiary/aromatic N) is 4. The summed E-state index contributed by atoms with van der Waals surface area (Å²) in [7, 11) is 1.83. The SMILES string of the molecule is CCN(CC)C(=O)c1ccc(NC(=O)CSc2nncn2C)cc1. The van der Waals surface area contributed by atoms with Crippen LogP contribution < -0.4 is 5.32 Å². The molecular formula is C16H21N5O2S. The molecule has 1 N–H and O–H groups in total. The number of carbonyl (C=O) groups is 2. The Labute approximate surface area is 145 Å². The van der Waals surface area contributed by atoms with E-state index in [0.717, 1.165) is 0 Å². The van der Waals surface area contributed by atoms with E-state index in [-0.39, 0.29) is 17.6 Å². The number of benzene rings is 1. The van der Waals surface area contributed by atoms with Crippen molar-refractivity contribution in [2.45, 2.75) is 19.0 Å². The number of hydrogen-bond donors (Lipinski definition) is 1. The van der Waals surface area contributed by atoms with Gasteiger partial charge in [-0.2, -0.15) is 0 Å². The molecule has 0 saturated carbocycles. The minimum atomic E-state index is -0.134. The van der Waals surface area contributed by atoms with Gasteiger partial charge in [-0.15, -0.1) is 10.2 Å². The molecule has 0 aliphatic heterocycles. The number of aryl methyl sites for hydroxylation is 1. The third kappa shape index (κ3) is 4.58. The van der Waals surface area contributed by atoms with Gasteiger partial charge in [-0.25, -0.2) is 0 Å². The van der Waals surface area contributed by atoms with Crippen molar-refractivity contribution in [3.63, 3.8) is 0 Å². The van der Waals surface area contributed by atoms with Gasteiger partial charge in [0, 0.05) is 31.4 Å². The topological polar surface area (TPSA) is 80.1 Å². The van der Waals surface area contributed by atoms with E-state index >= 15 is 0 Å². The van der Waals surface area contributed by atoms with Crippen molar-refractivity contribution in [3.05, 3.63) is 36.2 Å². The molecule has 1 heterocycles. The Balaban J connectivity index is 1.90. The lowest BCUT2D eigenvalue weighted by Gasteiger charge is -2.18. The van der Waals surface area contributed by atoms with Gasteiger partial charge < -0.3 is 14.8 Å². The molecule has 0 fully saturated rings. The second-order valence-corrected chi connectivity index (χ2v) is 6.06. The summed E-state index contributed by atoms with van der Waals surface area (Å²) < 4.78 is 1.76. The first-order valence-corrected chi connectivity index (χ1v) is 8.69. The molecule has 0 bridgehead atoms. The molecule has 0 atom stereocenters. The number of nitrogens with one attached hydrogen (secondary N) is 1. The number of aromatic nitrogens is 3. The summed E-state index contributed by atoms with van der Waals surface area (Å²) in [5.41, 5.74) is 1.28. The molecule has 2 aromatic rings. The van der Waals surface area contributed by atoms with Crippen LogP contribution in [0.15, 0.2) is 35.7 Å². The molecule has 1 aromatic carbocycles. The van der Waals surface area contributed by atoms with Crippen LogP contribution in [-0.4, -0.2) is 50.3 Å². The molecule has 0 aliphatic carbocycles. The van der Waals surface area contributed by atoms with Gasteiger partial charge in [-0.1, -0.05) is 11.8 Å². The van der Waals surface area contributed by atoms with Crippen LogP contribution in [0.2, 0.25) is 0 Å². The second-order valence-electron chi connectivity index (χ2n) is 5.12. The fraction of sp³-hybridized carbons (Fsp3) is 0.375. The number of anilines is 1. The first-order chi connectivity index (χ1) is 11.5. The van der Waals surface area contributed by atoms with Crippen molar-refractivity contribution < 1.29 is 9.59 Å². The lowest BCUT2D eigenvalue weighted by molar-refractivity contribution is -0.113. The van der Waals surface area contributed by atoms with Gasteiger partial charge in [0.1, 0.15) is 6.33 Å². The molecule has 8 heteroatoms. The number of thioether (sulfide) groups is 1. The Bertz CT molecular complexity index is 695. The number of carbonyl (C=O) groups excluding carboxylic acids is 2. The Morgan fingerprint density at radius 1 is 1.21 bits per heavy atom. The minimum Gasteiger partial charge on any atom is -0.339 e. The lowest BCUT2D eigenvalue weighted by atomic mass is 10.2. The van der Waals surface area contributed by atoms with Crippen LogP contribution in [0.4, 0.5) is 5.69 Å². The zero-order chi connectivity index (χ0) is 17.5. The van der Waals surface area contributed by atoms with Gasteiger partial charge in [0.25, 0.3) is 5.91 Å². The molecule has 0 spiro atoms. The molecular weight excluding hydrogens is 326 g/mol. The van der Waals surface area contributed by atoms with E-state index in [9.17, 15) is 9.59 Å². The highest BCUT2D eigenvalue weighted by atomic mass is 32.2. The standard InChI is InChI=1S/C16H21N5O2S/c1-4-21(5-2)15(23)12-6-8-13(9-7-12)18-14(22)10-24-16-19-17-11-20(16)3/h6-9,11H,4-5,10H2,1-3H3,(H,18,22). The fourth-order valence-electron chi connectivity index (χ4n) is 2.12. The highest BCUT2D eigenvalue weighted by Crippen LogP contribution is 2.15. The van der Waals surface area contributed by atoms with Crippen LogP contribution in [0.25, 0.3) is 0 Å². The quantitative estimate of drug-likeness (QED) is 0.775. The summed E-state index contributed by atoms with van der Waals surface area (Å²) in [6, 6.07) is 6.93. The Morgan fingerprint density at radius 2 is 1.88 bits per heavy atom. The second kappa shape index (κ2) is 8.49. The van der Waals surface area contributed by atoms with E-state index in [4.69, 9.17) is 0 Å². The van der Waals surface area contributed by atoms with Crippen LogP contribution >= 0.6 is 11.8 Å². The van der Waals surface area contributed by atoms with Gasteiger partial charge >= 0.3 is 0 Å². The predicted octanol–water partition coefficient (Wildman–Crippen LogP) is 2.03. The van der Waals surface area contributed by atoms with Gasteiger partial charge in [0.05, 0.1) is 5.75 Å². The number of amides is 2. The third-order valence-corrected chi connectivity index (χ3v) is 4.50. The third-order valence-electron chi connectivity index (χ3n) is 3.47. The zero-order valence-corrected chi connectivity index (χ0v) is 14.8. The molecule has 1 aromatic heterocycles. The van der Waals surface area contributed by atoms with Crippen molar-refractivity contribution in [2.24, 2.45) is 7.05 Å². The van der Waals surface area contributed by atoms with E-state index in [2.05, 4.69) is 15.5 Å². The monoisotopic (exact) mass is 347 g/mol. The van der Waals surface area contributed by atoms with Crippen molar-refractivity contribution in [1.82, 2.24) is 19.7 Å². The largest absolute Gasteiger partial charge is 0.339 e. The van der Waals surface area contributed by atoms with E-state index in [1.165, 1.54) is 11.8 Å². The van der Waals surface area contributed by atoms with Crippen molar-refractivity contribution >= 4 is 29.3 Å². The Morgan fingerprint density at radius 3 is 2.42 bits per heavy atom. The summed E-state index contributed by atoms with van der Waals surface area (Å²) in [5.74, 6) is 0.105. The highest BCUT2D eigenvalue weighted by Gasteiger charge is 2.12. The van der Waals surface area contributed by atoms with E-state index in [0.29, 0.717) is 29.5 Å². The van der Waals surface area contributed by atoms with Crippen LogP contribution in [0.5, 0.6) is 0 Å². The van der Waals surface area contributed by atoms with Crippen LogP contribution in [0, 0.1) is 0 Å². The van der Waals surface area contributed by atoms with Gasteiger partial charge in [0.2, 0.25) is 5.91 Å². The minimum absolute atomic E-state index is 0.00397. The van der Waals surface area contributed by atoms with Gasteiger partial charge in [0.15, 0.2) is 5.16 Å².